The Morgan fingerprint density at radius 2 is 1.77 bits per heavy atom. The number of carbonyl (C=O) groups is 1. The molecule has 156 valence electrons. The highest BCUT2D eigenvalue weighted by molar-refractivity contribution is 6.04. The number of imidazole rings is 1. The Kier molecular flexibility index (Phi) is 6.08. The molecule has 31 heavy (non-hydrogen) atoms. The van der Waals surface area contributed by atoms with Crippen molar-refractivity contribution >= 4 is 17.4 Å². The number of amides is 1. The Labute approximate surface area is 182 Å². The summed E-state index contributed by atoms with van der Waals surface area (Å²) in [5.41, 5.74) is 3.66. The number of carbonyl (C=O) groups excluding carboxylic acids is 1. The Hall–Kier alpha value is -3.93. The van der Waals surface area contributed by atoms with Gasteiger partial charge in [-0.1, -0.05) is 48.0 Å². The fourth-order valence-corrected chi connectivity index (χ4v) is 3.30. The highest BCUT2D eigenvalue weighted by atomic mass is 16.1. The summed E-state index contributed by atoms with van der Waals surface area (Å²) in [5.74, 6) is 1.56. The quantitative estimate of drug-likeness (QED) is 0.486. The Morgan fingerprint density at radius 1 is 1.00 bits per heavy atom. The van der Waals surface area contributed by atoms with Crippen LogP contribution in [0.2, 0.25) is 0 Å². The number of benzene rings is 2. The van der Waals surface area contributed by atoms with Crippen LogP contribution in [0.5, 0.6) is 0 Å². The predicted octanol–water partition coefficient (Wildman–Crippen LogP) is 4.52. The molecule has 0 atom stereocenters. The van der Waals surface area contributed by atoms with E-state index in [1.807, 2.05) is 79.8 Å². The van der Waals surface area contributed by atoms with Gasteiger partial charge in [0.15, 0.2) is 0 Å². The van der Waals surface area contributed by atoms with Gasteiger partial charge >= 0.3 is 0 Å². The Morgan fingerprint density at radius 3 is 2.48 bits per heavy atom. The third-order valence-electron chi connectivity index (χ3n) is 5.09. The molecule has 2 heterocycles. The lowest BCUT2D eigenvalue weighted by Crippen LogP contribution is -2.21. The van der Waals surface area contributed by atoms with Crippen molar-refractivity contribution in [2.75, 3.05) is 17.3 Å². The smallest absolute Gasteiger partial charge is 0.257 e. The molecule has 4 aromatic rings. The van der Waals surface area contributed by atoms with E-state index in [0.717, 1.165) is 29.4 Å². The first-order chi connectivity index (χ1) is 15.1. The Bertz CT molecular complexity index is 1130. The van der Waals surface area contributed by atoms with Crippen molar-refractivity contribution in [2.24, 2.45) is 0 Å². The number of hydrogen-bond acceptors (Lipinski definition) is 4. The predicted molar refractivity (Wildman–Crippen MR) is 123 cm³/mol. The molecule has 0 spiro atoms. The van der Waals surface area contributed by atoms with Crippen LogP contribution in [0, 0.1) is 6.92 Å². The van der Waals surface area contributed by atoms with Gasteiger partial charge in [-0.25, -0.2) is 9.97 Å². The minimum absolute atomic E-state index is 0.177. The van der Waals surface area contributed by atoms with Gasteiger partial charge in [0.25, 0.3) is 5.91 Å². The van der Waals surface area contributed by atoms with Crippen molar-refractivity contribution in [1.29, 1.82) is 0 Å². The summed E-state index contributed by atoms with van der Waals surface area (Å²) in [6.45, 7) is 3.40. The Balaban J connectivity index is 1.40. The summed E-state index contributed by atoms with van der Waals surface area (Å²) >= 11 is 0. The second-order valence-corrected chi connectivity index (χ2v) is 7.54. The fraction of sp³-hybridized carbons (Fsp3) is 0.160. The largest absolute Gasteiger partial charge is 0.352 e. The minimum Gasteiger partial charge on any atom is -0.352 e. The summed E-state index contributed by atoms with van der Waals surface area (Å²) < 4.78 is 2.13. The molecule has 2 aromatic carbocycles. The lowest BCUT2D eigenvalue weighted by molar-refractivity contribution is 0.102. The maximum Gasteiger partial charge on any atom is 0.257 e. The summed E-state index contributed by atoms with van der Waals surface area (Å²) in [5, 5.41) is 2.90. The number of nitrogens with one attached hydrogen (secondary N) is 1. The molecule has 6 nitrogen and oxygen atoms in total. The second-order valence-electron chi connectivity index (χ2n) is 7.54. The standard InChI is InChI=1S/C25H25N5O/c1-19-8-11-22(12-9-19)28-25(31)21-10-13-23(27-16-21)29(2)18-24-26-14-15-30(24)17-20-6-4-3-5-7-20/h3-16H,17-18H2,1-2H3,(H,28,31). The molecule has 2 aromatic heterocycles. The van der Waals surface area contributed by atoms with Crippen LogP contribution in [-0.2, 0) is 13.1 Å². The van der Waals surface area contributed by atoms with Gasteiger partial charge in [-0.2, -0.15) is 0 Å². The van der Waals surface area contributed by atoms with E-state index >= 15 is 0 Å². The topological polar surface area (TPSA) is 63.1 Å². The summed E-state index contributed by atoms with van der Waals surface area (Å²) in [6, 6.07) is 21.7. The highest BCUT2D eigenvalue weighted by Crippen LogP contribution is 2.15. The van der Waals surface area contributed by atoms with Gasteiger partial charge < -0.3 is 14.8 Å². The molecule has 1 N–H and O–H groups in total. The van der Waals surface area contributed by atoms with E-state index in [-0.39, 0.29) is 5.91 Å². The molecule has 6 heteroatoms. The summed E-state index contributed by atoms with van der Waals surface area (Å²) in [6.07, 6.45) is 5.41. The lowest BCUT2D eigenvalue weighted by atomic mass is 10.2. The summed E-state index contributed by atoms with van der Waals surface area (Å²) in [7, 11) is 1.97. The van der Waals surface area contributed by atoms with Gasteiger partial charge in [0, 0.05) is 37.9 Å². The molecule has 4 rings (SSSR count). The van der Waals surface area contributed by atoms with E-state index in [1.165, 1.54) is 5.56 Å². The van der Waals surface area contributed by atoms with E-state index in [1.54, 1.807) is 12.3 Å². The molecular formula is C25H25N5O. The number of aromatic nitrogens is 3. The number of hydrogen-bond donors (Lipinski definition) is 1. The number of nitrogens with zero attached hydrogens (tertiary/aromatic N) is 4. The number of anilines is 2. The van der Waals surface area contributed by atoms with Crippen LogP contribution in [0.1, 0.15) is 27.3 Å². The maximum atomic E-state index is 12.5. The minimum atomic E-state index is -0.177. The van der Waals surface area contributed by atoms with Crippen LogP contribution in [0.3, 0.4) is 0 Å². The maximum absolute atomic E-state index is 12.5. The van der Waals surface area contributed by atoms with E-state index in [0.29, 0.717) is 12.1 Å². The normalized spacial score (nSPS) is 10.6. The van der Waals surface area contributed by atoms with E-state index in [9.17, 15) is 4.79 Å². The third-order valence-corrected chi connectivity index (χ3v) is 5.09. The van der Waals surface area contributed by atoms with Gasteiger partial charge in [-0.3, -0.25) is 4.79 Å². The van der Waals surface area contributed by atoms with E-state index in [4.69, 9.17) is 0 Å². The van der Waals surface area contributed by atoms with Gasteiger partial charge in [0.1, 0.15) is 11.6 Å². The molecule has 0 aliphatic rings. The first-order valence-electron chi connectivity index (χ1n) is 10.2. The van der Waals surface area contributed by atoms with Crippen molar-refractivity contribution in [3.05, 3.63) is 108 Å². The first-order valence-corrected chi connectivity index (χ1v) is 10.2. The third kappa shape index (κ3) is 5.17. The number of rotatable bonds is 7. The molecule has 0 aliphatic carbocycles. The molecule has 1 amide bonds. The average molecular weight is 412 g/mol. The van der Waals surface area contributed by atoms with E-state index in [2.05, 4.69) is 32.0 Å². The van der Waals surface area contributed by atoms with Crippen molar-refractivity contribution in [2.45, 2.75) is 20.0 Å². The van der Waals surface area contributed by atoms with Gasteiger partial charge in [0.05, 0.1) is 12.1 Å². The zero-order valence-electron chi connectivity index (χ0n) is 17.7. The van der Waals surface area contributed by atoms with Gasteiger partial charge in [-0.15, -0.1) is 0 Å². The SMILES string of the molecule is Cc1ccc(NC(=O)c2ccc(N(C)Cc3nccn3Cc3ccccc3)nc2)cc1. The fourth-order valence-electron chi connectivity index (χ4n) is 3.30. The molecule has 0 radical (unpaired) electrons. The van der Waals surface area contributed by atoms with Crippen LogP contribution < -0.4 is 10.2 Å². The van der Waals surface area contributed by atoms with Crippen LogP contribution in [0.25, 0.3) is 0 Å². The monoisotopic (exact) mass is 411 g/mol. The van der Waals surface area contributed by atoms with Crippen LogP contribution in [0.4, 0.5) is 11.5 Å². The van der Waals surface area contributed by atoms with Crippen molar-refractivity contribution in [3.63, 3.8) is 0 Å². The number of aryl methyl sites for hydroxylation is 1. The molecule has 0 aliphatic heterocycles. The molecule has 0 fully saturated rings. The van der Waals surface area contributed by atoms with Crippen molar-refractivity contribution in [1.82, 2.24) is 14.5 Å². The molecule has 0 saturated carbocycles. The lowest BCUT2D eigenvalue weighted by Gasteiger charge is -2.19. The zero-order valence-corrected chi connectivity index (χ0v) is 17.7. The van der Waals surface area contributed by atoms with Crippen LogP contribution >= 0.6 is 0 Å². The first kappa shape index (κ1) is 20.3. The van der Waals surface area contributed by atoms with Gasteiger partial charge in [0.2, 0.25) is 0 Å². The zero-order chi connectivity index (χ0) is 21.6. The van der Waals surface area contributed by atoms with E-state index < -0.39 is 0 Å². The second kappa shape index (κ2) is 9.26. The highest BCUT2D eigenvalue weighted by Gasteiger charge is 2.11. The van der Waals surface area contributed by atoms with Crippen LogP contribution in [-0.4, -0.2) is 27.5 Å². The number of pyridine rings is 1. The van der Waals surface area contributed by atoms with Gasteiger partial charge in [-0.05, 0) is 36.8 Å². The van der Waals surface area contributed by atoms with Crippen LogP contribution in [0.15, 0.2) is 85.3 Å². The molecule has 0 saturated heterocycles. The summed E-state index contributed by atoms with van der Waals surface area (Å²) in [4.78, 5) is 23.5. The average Bonchev–Trinajstić information content (AvgIpc) is 3.22. The van der Waals surface area contributed by atoms with Crippen molar-refractivity contribution in [3.8, 4) is 0 Å². The van der Waals surface area contributed by atoms with Crippen molar-refractivity contribution < 1.29 is 4.79 Å². The molecular weight excluding hydrogens is 386 g/mol. The molecule has 0 bridgehead atoms. The molecule has 0 unspecified atom stereocenters.